The van der Waals surface area contributed by atoms with Gasteiger partial charge >= 0.3 is 0 Å². The van der Waals surface area contributed by atoms with Crippen LogP contribution < -0.4 is 5.56 Å². The van der Waals surface area contributed by atoms with E-state index in [2.05, 4.69) is 32.3 Å². The number of para-hydroxylation sites is 1. The van der Waals surface area contributed by atoms with Crippen LogP contribution >= 0.6 is 0 Å². The molecule has 174 valence electrons. The van der Waals surface area contributed by atoms with Crippen LogP contribution in [0, 0.1) is 6.92 Å². The average molecular weight is 459 g/mol. The number of aromatic amines is 1. The number of nitrogens with one attached hydrogen (secondary N) is 1. The molecule has 0 amide bonds. The third-order valence-electron chi connectivity index (χ3n) is 6.05. The minimum absolute atomic E-state index is 0.101. The lowest BCUT2D eigenvalue weighted by Gasteiger charge is -2.29. The number of fused-ring (bicyclic) bond motifs is 1. The molecule has 1 N–H and O–H groups in total. The monoisotopic (exact) mass is 458 g/mol. The fourth-order valence-electron chi connectivity index (χ4n) is 4.36. The molecule has 4 aromatic heterocycles. The summed E-state index contributed by atoms with van der Waals surface area (Å²) < 4.78 is 12.9. The predicted molar refractivity (Wildman–Crippen MR) is 126 cm³/mol. The maximum atomic E-state index is 13.0. The third kappa shape index (κ3) is 4.42. The molecule has 1 unspecified atom stereocenters. The minimum Gasteiger partial charge on any atom is -0.468 e. The van der Waals surface area contributed by atoms with E-state index in [1.54, 1.807) is 17.2 Å². The van der Waals surface area contributed by atoms with E-state index in [1.807, 2.05) is 55.5 Å². The van der Waals surface area contributed by atoms with E-state index in [0.29, 0.717) is 31.0 Å². The molecule has 9 heteroatoms. The second kappa shape index (κ2) is 9.48. The molecule has 0 saturated carbocycles. The van der Waals surface area contributed by atoms with E-state index in [4.69, 9.17) is 8.83 Å². The summed E-state index contributed by atoms with van der Waals surface area (Å²) in [6.07, 6.45) is 4.03. The molecule has 0 fully saturated rings. The van der Waals surface area contributed by atoms with Gasteiger partial charge in [0.2, 0.25) is 0 Å². The van der Waals surface area contributed by atoms with Gasteiger partial charge in [-0.2, -0.15) is 0 Å². The number of hydrogen-bond donors (Lipinski definition) is 1. The molecule has 1 aromatic carbocycles. The van der Waals surface area contributed by atoms with Crippen LogP contribution in [0.5, 0.6) is 0 Å². The van der Waals surface area contributed by atoms with Gasteiger partial charge in [0.15, 0.2) is 5.82 Å². The Bertz CT molecular complexity index is 1420. The second-order valence-corrected chi connectivity index (χ2v) is 8.35. The summed E-state index contributed by atoms with van der Waals surface area (Å²) in [4.78, 5) is 18.3. The third-order valence-corrected chi connectivity index (χ3v) is 6.05. The van der Waals surface area contributed by atoms with Crippen LogP contribution in [-0.4, -0.2) is 30.1 Å². The Morgan fingerprint density at radius 1 is 1.06 bits per heavy atom. The van der Waals surface area contributed by atoms with Crippen molar-refractivity contribution >= 4 is 10.9 Å². The Balaban J connectivity index is 1.51. The largest absolute Gasteiger partial charge is 0.468 e. The highest BCUT2D eigenvalue weighted by atomic mass is 16.3. The molecule has 0 aliphatic rings. The first-order chi connectivity index (χ1) is 16.6. The SMILES string of the molecule is CCC(c1nnnn1Cc1ccco1)N(Cc1ccco1)Cc1cc2cccc(C)c2[nH]c1=O. The molecule has 0 radical (unpaired) electrons. The summed E-state index contributed by atoms with van der Waals surface area (Å²) in [7, 11) is 0. The van der Waals surface area contributed by atoms with Gasteiger partial charge in [0.1, 0.15) is 18.1 Å². The summed E-state index contributed by atoms with van der Waals surface area (Å²) >= 11 is 0. The fourth-order valence-corrected chi connectivity index (χ4v) is 4.36. The summed E-state index contributed by atoms with van der Waals surface area (Å²) in [6.45, 7) is 5.42. The molecule has 0 aliphatic carbocycles. The van der Waals surface area contributed by atoms with Crippen molar-refractivity contribution in [2.45, 2.75) is 45.9 Å². The number of aryl methyl sites for hydroxylation is 1. The second-order valence-electron chi connectivity index (χ2n) is 8.35. The lowest BCUT2D eigenvalue weighted by Crippen LogP contribution is -2.32. The Hall–Kier alpha value is -3.98. The lowest BCUT2D eigenvalue weighted by atomic mass is 10.1. The van der Waals surface area contributed by atoms with E-state index in [9.17, 15) is 4.79 Å². The molecule has 1 atom stereocenters. The zero-order chi connectivity index (χ0) is 23.5. The maximum Gasteiger partial charge on any atom is 0.252 e. The van der Waals surface area contributed by atoms with Crippen molar-refractivity contribution in [3.63, 3.8) is 0 Å². The van der Waals surface area contributed by atoms with Crippen molar-refractivity contribution in [2.75, 3.05) is 0 Å². The smallest absolute Gasteiger partial charge is 0.252 e. The van der Waals surface area contributed by atoms with Crippen LogP contribution in [0.25, 0.3) is 10.9 Å². The number of benzene rings is 1. The van der Waals surface area contributed by atoms with E-state index >= 15 is 0 Å². The maximum absolute atomic E-state index is 13.0. The first-order valence-corrected chi connectivity index (χ1v) is 11.3. The highest BCUT2D eigenvalue weighted by molar-refractivity contribution is 5.81. The van der Waals surface area contributed by atoms with E-state index in [0.717, 1.165) is 34.4 Å². The van der Waals surface area contributed by atoms with Gasteiger partial charge in [0.05, 0.1) is 30.6 Å². The number of aromatic nitrogens is 5. The molecule has 0 spiro atoms. The molecule has 34 heavy (non-hydrogen) atoms. The van der Waals surface area contributed by atoms with Crippen molar-refractivity contribution < 1.29 is 8.83 Å². The van der Waals surface area contributed by atoms with Gasteiger partial charge in [-0.15, -0.1) is 5.10 Å². The first kappa shape index (κ1) is 21.8. The molecule has 5 aromatic rings. The van der Waals surface area contributed by atoms with Crippen LogP contribution in [0.4, 0.5) is 0 Å². The van der Waals surface area contributed by atoms with Crippen LogP contribution in [0.1, 0.15) is 47.9 Å². The summed E-state index contributed by atoms with van der Waals surface area (Å²) in [5.74, 6) is 2.28. The summed E-state index contributed by atoms with van der Waals surface area (Å²) in [6, 6.07) is 15.3. The lowest BCUT2D eigenvalue weighted by molar-refractivity contribution is 0.149. The summed E-state index contributed by atoms with van der Waals surface area (Å²) in [5.41, 5.74) is 2.48. The number of H-pyrrole nitrogens is 1. The Morgan fingerprint density at radius 3 is 2.59 bits per heavy atom. The van der Waals surface area contributed by atoms with Gasteiger partial charge in [0, 0.05) is 12.1 Å². The van der Waals surface area contributed by atoms with E-state index in [1.165, 1.54) is 0 Å². The number of rotatable bonds is 9. The molecule has 4 heterocycles. The topological polar surface area (TPSA) is 106 Å². The van der Waals surface area contributed by atoms with Crippen LogP contribution in [0.15, 0.2) is 74.7 Å². The highest BCUT2D eigenvalue weighted by Crippen LogP contribution is 2.27. The molecule has 5 rings (SSSR count). The molecular weight excluding hydrogens is 432 g/mol. The van der Waals surface area contributed by atoms with E-state index < -0.39 is 0 Å². The molecule has 0 aliphatic heterocycles. The zero-order valence-corrected chi connectivity index (χ0v) is 19.1. The number of tetrazole rings is 1. The molecule has 0 bridgehead atoms. The first-order valence-electron chi connectivity index (χ1n) is 11.3. The van der Waals surface area contributed by atoms with Crippen molar-refractivity contribution in [1.29, 1.82) is 0 Å². The van der Waals surface area contributed by atoms with E-state index in [-0.39, 0.29) is 11.6 Å². The average Bonchev–Trinajstić information content (AvgIpc) is 3.60. The van der Waals surface area contributed by atoms with Gasteiger partial charge in [-0.3, -0.25) is 9.69 Å². The Labute approximate surface area is 196 Å². The quantitative estimate of drug-likeness (QED) is 0.353. The predicted octanol–water partition coefficient (Wildman–Crippen LogP) is 4.21. The van der Waals surface area contributed by atoms with Crippen molar-refractivity contribution in [3.05, 3.63) is 99.9 Å². The van der Waals surface area contributed by atoms with Gasteiger partial charge in [-0.25, -0.2) is 4.68 Å². The molecule has 0 saturated heterocycles. The van der Waals surface area contributed by atoms with Gasteiger partial charge < -0.3 is 13.8 Å². The number of nitrogens with zero attached hydrogens (tertiary/aromatic N) is 5. The molecule has 9 nitrogen and oxygen atoms in total. The molecular formula is C25H26N6O3. The fraction of sp³-hybridized carbons (Fsp3) is 0.280. The number of furan rings is 2. The highest BCUT2D eigenvalue weighted by Gasteiger charge is 2.27. The van der Waals surface area contributed by atoms with Gasteiger partial charge in [-0.05, 0) is 65.1 Å². The van der Waals surface area contributed by atoms with Crippen molar-refractivity contribution in [3.8, 4) is 0 Å². The zero-order valence-electron chi connectivity index (χ0n) is 19.1. The Morgan fingerprint density at radius 2 is 1.85 bits per heavy atom. The van der Waals surface area contributed by atoms with Crippen molar-refractivity contribution in [1.82, 2.24) is 30.1 Å². The van der Waals surface area contributed by atoms with Crippen LogP contribution in [0.2, 0.25) is 0 Å². The Kier molecular flexibility index (Phi) is 6.09. The number of hydrogen-bond acceptors (Lipinski definition) is 7. The van der Waals surface area contributed by atoms with Gasteiger partial charge in [0.25, 0.3) is 5.56 Å². The normalized spacial score (nSPS) is 12.6. The van der Waals surface area contributed by atoms with Crippen LogP contribution in [0.3, 0.4) is 0 Å². The van der Waals surface area contributed by atoms with Gasteiger partial charge in [-0.1, -0.05) is 25.1 Å². The van der Waals surface area contributed by atoms with Crippen molar-refractivity contribution in [2.24, 2.45) is 0 Å². The standard InChI is InChI=1S/C25H26N6O3/c1-3-22(24-27-28-29-31(24)16-21-10-6-12-34-21)30(15-20-9-5-11-33-20)14-19-13-18-8-4-7-17(2)23(18)26-25(19)32/h4-13,22H,3,14-16H2,1-2H3,(H,26,32). The number of pyridine rings is 1. The van der Waals surface area contributed by atoms with Crippen LogP contribution in [-0.2, 0) is 19.6 Å². The minimum atomic E-state index is -0.150. The summed E-state index contributed by atoms with van der Waals surface area (Å²) in [5, 5.41) is 13.5.